The van der Waals surface area contributed by atoms with Gasteiger partial charge in [-0.3, -0.25) is 19.2 Å². The lowest BCUT2D eigenvalue weighted by Crippen LogP contribution is -2.62. The summed E-state index contributed by atoms with van der Waals surface area (Å²) in [7, 11) is -3.52. The van der Waals surface area contributed by atoms with Gasteiger partial charge in [-0.2, -0.15) is 8.42 Å². The smallest absolute Gasteiger partial charge is 0.264 e. The molecule has 0 saturated carbocycles. The number of rotatable bonds is 4. The Hall–Kier alpha value is -1.15. The van der Waals surface area contributed by atoms with E-state index in [1.165, 1.54) is 6.92 Å². The number of carbonyl (C=O) groups excluding carboxylic acids is 2. The van der Waals surface area contributed by atoms with E-state index in [1.807, 2.05) is 0 Å². The van der Waals surface area contributed by atoms with E-state index in [0.717, 1.165) is 11.3 Å². The molecule has 0 aromatic rings. The molecule has 0 bridgehead atoms. The average Bonchev–Trinajstić information content (AvgIpc) is 2.06. The summed E-state index contributed by atoms with van der Waals surface area (Å²) in [5, 5.41) is 1.08. The van der Waals surface area contributed by atoms with E-state index in [4.69, 9.17) is 0 Å². The number of hydrogen-bond donors (Lipinski definition) is 1. The Balaban J connectivity index is 2.44. The molecular weight excluding hydrogens is 224 g/mol. The Labute approximate surface area is 87.5 Å². The monoisotopic (exact) mass is 236 g/mol. The van der Waals surface area contributed by atoms with Crippen LogP contribution in [0.25, 0.3) is 0 Å². The van der Waals surface area contributed by atoms with Gasteiger partial charge in [-0.1, -0.05) is 0 Å². The maximum atomic E-state index is 11.0. The van der Waals surface area contributed by atoms with Crippen molar-refractivity contribution in [2.45, 2.75) is 19.4 Å². The molecular formula is C7H12N2O5S. The minimum absolute atomic E-state index is 0.134. The van der Waals surface area contributed by atoms with Crippen LogP contribution in [-0.2, 0) is 23.9 Å². The third kappa shape index (κ3) is 3.48. The zero-order chi connectivity index (χ0) is 11.6. The largest absolute Gasteiger partial charge is 0.274 e. The predicted molar refractivity (Wildman–Crippen MR) is 49.9 cm³/mol. The number of amides is 2. The summed E-state index contributed by atoms with van der Waals surface area (Å²) in [4.78, 5) is 21.7. The highest BCUT2D eigenvalue weighted by molar-refractivity contribution is 7.85. The van der Waals surface area contributed by atoms with E-state index in [2.05, 4.69) is 9.61 Å². The second-order valence-corrected chi connectivity index (χ2v) is 4.92. The molecule has 0 radical (unpaired) electrons. The van der Waals surface area contributed by atoms with Crippen molar-refractivity contribution in [3.8, 4) is 0 Å². The molecule has 0 spiro atoms. The fraction of sp³-hybridized carbons (Fsp3) is 0.714. The van der Waals surface area contributed by atoms with Crippen LogP contribution in [0.5, 0.6) is 0 Å². The van der Waals surface area contributed by atoms with Crippen LogP contribution in [0.2, 0.25) is 0 Å². The summed E-state index contributed by atoms with van der Waals surface area (Å²) < 4.78 is 25.9. The lowest BCUT2D eigenvalue weighted by atomic mass is 10.1. The Morgan fingerprint density at radius 3 is 2.67 bits per heavy atom. The Kier molecular flexibility index (Phi) is 3.30. The molecule has 15 heavy (non-hydrogen) atoms. The molecule has 7 nitrogen and oxygen atoms in total. The molecule has 1 atom stereocenters. The fourth-order valence-electron chi connectivity index (χ4n) is 1.14. The van der Waals surface area contributed by atoms with Gasteiger partial charge in [0.1, 0.15) is 0 Å². The Bertz CT molecular complexity index is 377. The molecule has 0 aliphatic carbocycles. The van der Waals surface area contributed by atoms with E-state index in [-0.39, 0.29) is 24.8 Å². The minimum atomic E-state index is -3.52. The normalized spacial score (nSPS) is 21.1. The summed E-state index contributed by atoms with van der Waals surface area (Å²) in [5.41, 5.74) is 2.29. The second kappa shape index (κ2) is 4.15. The van der Waals surface area contributed by atoms with Gasteiger partial charge in [0.2, 0.25) is 11.8 Å². The molecule has 1 N–H and O–H groups in total. The highest BCUT2D eigenvalue weighted by atomic mass is 32.2. The molecule has 0 aromatic carbocycles. The number of nitrogens with zero attached hydrogens (tertiary/aromatic N) is 1. The van der Waals surface area contributed by atoms with Gasteiger partial charge in [0, 0.05) is 6.92 Å². The van der Waals surface area contributed by atoms with Crippen molar-refractivity contribution < 1.29 is 22.2 Å². The van der Waals surface area contributed by atoms with Crippen molar-refractivity contribution in [1.29, 1.82) is 0 Å². The van der Waals surface area contributed by atoms with Crippen LogP contribution in [0.1, 0.15) is 13.3 Å². The lowest BCUT2D eigenvalue weighted by Gasteiger charge is -2.39. The quantitative estimate of drug-likeness (QED) is 0.479. The molecule has 1 aliphatic heterocycles. The lowest BCUT2D eigenvalue weighted by molar-refractivity contribution is -0.158. The number of hydrogen-bond acceptors (Lipinski definition) is 5. The molecule has 0 aromatic heterocycles. The summed E-state index contributed by atoms with van der Waals surface area (Å²) in [6.45, 7) is 1.13. The fourth-order valence-corrected chi connectivity index (χ4v) is 1.55. The standard InChI is InChI=1S/C7H12N2O5S/c1-5(10)8-9-6(3-7(9)11)4-14-15(2,12)13/h6H,3-4H2,1-2H3,(H,8,10). The SMILES string of the molecule is CC(=O)NN1C(=O)CC1COS(C)(=O)=O. The van der Waals surface area contributed by atoms with Crippen LogP contribution in [0.4, 0.5) is 0 Å². The first-order valence-electron chi connectivity index (χ1n) is 4.23. The topological polar surface area (TPSA) is 92.8 Å². The molecule has 8 heteroatoms. The van der Waals surface area contributed by atoms with Crippen molar-refractivity contribution in [3.63, 3.8) is 0 Å². The molecule has 1 fully saturated rings. The molecule has 1 aliphatic rings. The third-order valence-corrected chi connectivity index (χ3v) is 2.36. The highest BCUT2D eigenvalue weighted by Crippen LogP contribution is 2.17. The number of β-lactam (4-membered cyclic amide) rings is 1. The van der Waals surface area contributed by atoms with Gasteiger partial charge in [0.15, 0.2) is 0 Å². The number of hydrazine groups is 1. The number of nitrogens with one attached hydrogen (secondary N) is 1. The molecule has 86 valence electrons. The maximum absolute atomic E-state index is 11.0. The first-order valence-corrected chi connectivity index (χ1v) is 6.05. The summed E-state index contributed by atoms with van der Waals surface area (Å²) in [6, 6.07) is -0.406. The maximum Gasteiger partial charge on any atom is 0.264 e. The molecule has 1 saturated heterocycles. The molecule has 1 heterocycles. The zero-order valence-electron chi connectivity index (χ0n) is 8.39. The third-order valence-electron chi connectivity index (χ3n) is 1.80. The van der Waals surface area contributed by atoms with Gasteiger partial charge in [-0.15, -0.1) is 0 Å². The van der Waals surface area contributed by atoms with Crippen LogP contribution in [0, 0.1) is 0 Å². The van der Waals surface area contributed by atoms with Crippen LogP contribution >= 0.6 is 0 Å². The van der Waals surface area contributed by atoms with Crippen LogP contribution in [0.15, 0.2) is 0 Å². The molecule has 1 rings (SSSR count). The Morgan fingerprint density at radius 2 is 2.27 bits per heavy atom. The van der Waals surface area contributed by atoms with E-state index >= 15 is 0 Å². The van der Waals surface area contributed by atoms with Gasteiger partial charge >= 0.3 is 0 Å². The van der Waals surface area contributed by atoms with Crippen molar-refractivity contribution >= 4 is 21.9 Å². The van der Waals surface area contributed by atoms with Gasteiger partial charge in [0.05, 0.1) is 25.3 Å². The van der Waals surface area contributed by atoms with Crippen molar-refractivity contribution in [3.05, 3.63) is 0 Å². The first-order chi connectivity index (χ1) is 6.79. The number of carbonyl (C=O) groups is 2. The van der Waals surface area contributed by atoms with Gasteiger partial charge in [0.25, 0.3) is 10.1 Å². The van der Waals surface area contributed by atoms with Crippen molar-refractivity contribution in [2.75, 3.05) is 12.9 Å². The average molecular weight is 236 g/mol. The van der Waals surface area contributed by atoms with Gasteiger partial charge in [-0.25, -0.2) is 5.01 Å². The van der Waals surface area contributed by atoms with E-state index in [1.54, 1.807) is 0 Å². The molecule has 2 amide bonds. The highest BCUT2D eigenvalue weighted by Gasteiger charge is 2.37. The summed E-state index contributed by atoms with van der Waals surface area (Å²) in [6.07, 6.45) is 1.10. The van der Waals surface area contributed by atoms with E-state index < -0.39 is 16.2 Å². The zero-order valence-corrected chi connectivity index (χ0v) is 9.20. The van der Waals surface area contributed by atoms with Crippen molar-refractivity contribution in [1.82, 2.24) is 10.4 Å². The minimum Gasteiger partial charge on any atom is -0.274 e. The Morgan fingerprint density at radius 1 is 1.67 bits per heavy atom. The second-order valence-electron chi connectivity index (χ2n) is 3.28. The van der Waals surface area contributed by atoms with Crippen LogP contribution in [0.3, 0.4) is 0 Å². The first kappa shape index (κ1) is 11.9. The predicted octanol–water partition coefficient (Wildman–Crippen LogP) is -1.39. The molecule has 1 unspecified atom stereocenters. The van der Waals surface area contributed by atoms with Crippen molar-refractivity contribution in [2.24, 2.45) is 0 Å². The van der Waals surface area contributed by atoms with E-state index in [9.17, 15) is 18.0 Å². The summed E-state index contributed by atoms with van der Waals surface area (Å²) in [5.74, 6) is -0.639. The van der Waals surface area contributed by atoms with Crippen LogP contribution < -0.4 is 5.43 Å². The van der Waals surface area contributed by atoms with Gasteiger partial charge in [-0.05, 0) is 0 Å². The van der Waals surface area contributed by atoms with E-state index in [0.29, 0.717) is 0 Å². The van der Waals surface area contributed by atoms with Crippen LogP contribution in [-0.4, -0.2) is 44.1 Å². The summed E-state index contributed by atoms with van der Waals surface area (Å²) >= 11 is 0. The van der Waals surface area contributed by atoms with Gasteiger partial charge < -0.3 is 0 Å².